The van der Waals surface area contributed by atoms with Gasteiger partial charge in [0.15, 0.2) is 23.9 Å². The van der Waals surface area contributed by atoms with Crippen LogP contribution in [0.15, 0.2) is 82.3 Å². The molecule has 8 nitrogen and oxygen atoms in total. The van der Waals surface area contributed by atoms with Gasteiger partial charge in [-0.05, 0) is 60.2 Å². The summed E-state index contributed by atoms with van der Waals surface area (Å²) < 4.78 is 29.3. The van der Waals surface area contributed by atoms with Crippen LogP contribution in [-0.4, -0.2) is 31.7 Å². The lowest BCUT2D eigenvalue weighted by Gasteiger charge is -2.11. The molecule has 0 saturated heterocycles. The molecule has 0 radical (unpaired) electrons. The fourth-order valence-electron chi connectivity index (χ4n) is 3.07. The van der Waals surface area contributed by atoms with E-state index >= 15 is 0 Å². The Bertz CT molecular complexity index is 1320. The number of hydrogen-bond donors (Lipinski definition) is 2. The van der Waals surface area contributed by atoms with Crippen LogP contribution in [0.25, 0.3) is 11.0 Å². The Balaban J connectivity index is 1.33. The Hall–Kier alpha value is -4.66. The molecule has 1 heterocycles. The maximum absolute atomic E-state index is 13.0. The predicted octanol–water partition coefficient (Wildman–Crippen LogP) is 4.36. The normalized spacial score (nSPS) is 10.9. The molecule has 2 amide bonds. The molecule has 9 heteroatoms. The van der Waals surface area contributed by atoms with Crippen molar-refractivity contribution in [2.24, 2.45) is 5.10 Å². The molecule has 0 bridgehead atoms. The van der Waals surface area contributed by atoms with Crippen LogP contribution in [0.4, 0.5) is 10.1 Å². The summed E-state index contributed by atoms with van der Waals surface area (Å²) in [7, 11) is 1.46. The van der Waals surface area contributed by atoms with Gasteiger partial charge in [-0.25, -0.2) is 9.82 Å². The smallest absolute Gasteiger partial charge is 0.307 e. The van der Waals surface area contributed by atoms with E-state index in [0.29, 0.717) is 28.3 Å². The zero-order valence-corrected chi connectivity index (χ0v) is 18.1. The molecule has 34 heavy (non-hydrogen) atoms. The summed E-state index contributed by atoms with van der Waals surface area (Å²) in [6.07, 6.45) is 1.44. The van der Waals surface area contributed by atoms with Crippen molar-refractivity contribution in [1.29, 1.82) is 0 Å². The number of para-hydroxylation sites is 1. The second kappa shape index (κ2) is 10.3. The minimum absolute atomic E-state index is 0.151. The molecule has 0 atom stereocenters. The average molecular weight is 461 g/mol. The summed E-state index contributed by atoms with van der Waals surface area (Å²) >= 11 is 0. The van der Waals surface area contributed by atoms with Crippen molar-refractivity contribution in [3.63, 3.8) is 0 Å². The van der Waals surface area contributed by atoms with Crippen molar-refractivity contribution in [2.45, 2.75) is 0 Å². The molecule has 0 aliphatic heterocycles. The minimum Gasteiger partial charge on any atom is -0.493 e. The number of halogens is 1. The molecule has 1 aromatic heterocycles. The van der Waals surface area contributed by atoms with Gasteiger partial charge in [0, 0.05) is 11.1 Å². The number of furan rings is 1. The van der Waals surface area contributed by atoms with Crippen LogP contribution >= 0.6 is 0 Å². The first kappa shape index (κ1) is 22.5. The molecule has 0 aliphatic carbocycles. The molecule has 0 spiro atoms. The second-order valence-corrected chi connectivity index (χ2v) is 7.10. The summed E-state index contributed by atoms with van der Waals surface area (Å²) in [5, 5.41) is 7.38. The van der Waals surface area contributed by atoms with E-state index in [0.717, 1.165) is 5.39 Å². The van der Waals surface area contributed by atoms with Gasteiger partial charge in [-0.1, -0.05) is 18.2 Å². The molecule has 0 unspecified atom stereocenters. The molecule has 0 fully saturated rings. The third-order valence-electron chi connectivity index (χ3n) is 4.70. The molecule has 0 saturated carbocycles. The second-order valence-electron chi connectivity index (χ2n) is 7.10. The van der Waals surface area contributed by atoms with E-state index in [2.05, 4.69) is 15.8 Å². The van der Waals surface area contributed by atoms with Crippen LogP contribution in [0, 0.1) is 5.82 Å². The monoisotopic (exact) mass is 461 g/mol. The predicted molar refractivity (Wildman–Crippen MR) is 125 cm³/mol. The van der Waals surface area contributed by atoms with E-state index in [1.54, 1.807) is 30.3 Å². The van der Waals surface area contributed by atoms with E-state index in [1.807, 2.05) is 18.2 Å². The van der Waals surface area contributed by atoms with Crippen molar-refractivity contribution in [1.82, 2.24) is 5.43 Å². The fourth-order valence-corrected chi connectivity index (χ4v) is 3.07. The summed E-state index contributed by atoms with van der Waals surface area (Å²) in [5.41, 5.74) is 4.12. The van der Waals surface area contributed by atoms with Crippen LogP contribution in [0.2, 0.25) is 0 Å². The van der Waals surface area contributed by atoms with Crippen molar-refractivity contribution in [2.75, 3.05) is 19.0 Å². The van der Waals surface area contributed by atoms with Gasteiger partial charge in [-0.3, -0.25) is 9.59 Å². The van der Waals surface area contributed by atoms with Crippen LogP contribution < -0.4 is 20.2 Å². The van der Waals surface area contributed by atoms with Crippen LogP contribution in [0.3, 0.4) is 0 Å². The van der Waals surface area contributed by atoms with Crippen LogP contribution in [-0.2, 0) is 4.79 Å². The molecule has 4 aromatic rings. The summed E-state index contributed by atoms with van der Waals surface area (Å²) in [4.78, 5) is 24.3. The Kier molecular flexibility index (Phi) is 6.83. The molecular weight excluding hydrogens is 441 g/mol. The van der Waals surface area contributed by atoms with E-state index in [1.165, 1.54) is 37.6 Å². The van der Waals surface area contributed by atoms with E-state index < -0.39 is 17.6 Å². The number of nitrogens with one attached hydrogen (secondary N) is 2. The van der Waals surface area contributed by atoms with Crippen molar-refractivity contribution in [3.05, 3.63) is 89.9 Å². The van der Waals surface area contributed by atoms with Gasteiger partial charge in [0.25, 0.3) is 5.91 Å². The largest absolute Gasteiger partial charge is 0.493 e. The van der Waals surface area contributed by atoms with Crippen LogP contribution in [0.1, 0.15) is 16.1 Å². The number of carbonyl (C=O) groups is 2. The number of carbonyl (C=O) groups excluding carboxylic acids is 2. The third kappa shape index (κ3) is 5.57. The first-order valence-corrected chi connectivity index (χ1v) is 10.2. The minimum atomic E-state index is -0.480. The van der Waals surface area contributed by atoms with Gasteiger partial charge in [-0.15, -0.1) is 0 Å². The Morgan fingerprint density at radius 1 is 1.03 bits per heavy atom. The van der Waals surface area contributed by atoms with Gasteiger partial charge in [0.05, 0.1) is 13.3 Å². The molecule has 0 aliphatic rings. The first-order chi connectivity index (χ1) is 16.5. The number of anilines is 1. The van der Waals surface area contributed by atoms with Crippen molar-refractivity contribution >= 4 is 34.7 Å². The van der Waals surface area contributed by atoms with Gasteiger partial charge < -0.3 is 19.2 Å². The lowest BCUT2D eigenvalue weighted by molar-refractivity contribution is -0.118. The van der Waals surface area contributed by atoms with Gasteiger partial charge in [-0.2, -0.15) is 5.10 Å². The number of ether oxygens (including phenoxy) is 2. The Labute approximate surface area is 194 Å². The van der Waals surface area contributed by atoms with Crippen molar-refractivity contribution < 1.29 is 27.9 Å². The lowest BCUT2D eigenvalue weighted by atomic mass is 10.2. The Morgan fingerprint density at radius 2 is 1.82 bits per heavy atom. The van der Waals surface area contributed by atoms with Gasteiger partial charge in [0.2, 0.25) is 0 Å². The van der Waals surface area contributed by atoms with Gasteiger partial charge in [0.1, 0.15) is 11.4 Å². The number of methoxy groups -OCH3 is 1. The standard InChI is InChI=1S/C25H20FN3O5/c1-32-22-12-16(14-27-29-25(31)23-13-17-4-2-3-5-20(17)34-23)6-11-21(22)33-15-24(30)28-19-9-7-18(26)8-10-19/h2-14H,15H2,1H3,(H,28,30)(H,29,31)/b27-14-. The highest BCUT2D eigenvalue weighted by Crippen LogP contribution is 2.27. The highest BCUT2D eigenvalue weighted by molar-refractivity contribution is 5.96. The number of amides is 2. The van der Waals surface area contributed by atoms with E-state index in [4.69, 9.17) is 13.9 Å². The van der Waals surface area contributed by atoms with E-state index in [9.17, 15) is 14.0 Å². The number of hydrazone groups is 1. The maximum atomic E-state index is 13.0. The molecular formula is C25H20FN3O5. The van der Waals surface area contributed by atoms with Crippen molar-refractivity contribution in [3.8, 4) is 11.5 Å². The highest BCUT2D eigenvalue weighted by atomic mass is 19.1. The zero-order valence-electron chi connectivity index (χ0n) is 18.1. The SMILES string of the molecule is COc1cc(/C=N\NC(=O)c2cc3ccccc3o2)ccc1OCC(=O)Nc1ccc(F)cc1. The summed E-state index contributed by atoms with van der Waals surface area (Å²) in [6.45, 7) is -0.269. The maximum Gasteiger partial charge on any atom is 0.307 e. The average Bonchev–Trinajstić information content (AvgIpc) is 3.29. The number of fused-ring (bicyclic) bond motifs is 1. The summed E-state index contributed by atoms with van der Waals surface area (Å²) in [5.74, 6) is -0.406. The summed E-state index contributed by atoms with van der Waals surface area (Å²) in [6, 6.07) is 19.3. The third-order valence-corrected chi connectivity index (χ3v) is 4.70. The molecule has 2 N–H and O–H groups in total. The van der Waals surface area contributed by atoms with E-state index in [-0.39, 0.29) is 12.4 Å². The topological polar surface area (TPSA) is 102 Å². The number of rotatable bonds is 8. The molecule has 4 rings (SSSR count). The highest BCUT2D eigenvalue weighted by Gasteiger charge is 2.12. The molecule has 172 valence electrons. The molecule has 3 aromatic carbocycles. The Morgan fingerprint density at radius 3 is 2.59 bits per heavy atom. The number of hydrogen-bond acceptors (Lipinski definition) is 6. The lowest BCUT2D eigenvalue weighted by Crippen LogP contribution is -2.20. The number of benzene rings is 3. The zero-order chi connectivity index (χ0) is 23.9. The fraction of sp³-hybridized carbons (Fsp3) is 0.0800. The van der Waals surface area contributed by atoms with Gasteiger partial charge >= 0.3 is 5.91 Å². The van der Waals surface area contributed by atoms with Crippen LogP contribution in [0.5, 0.6) is 11.5 Å². The first-order valence-electron chi connectivity index (χ1n) is 10.2. The number of nitrogens with zero attached hydrogens (tertiary/aromatic N) is 1. The quantitative estimate of drug-likeness (QED) is 0.300.